The molecule has 8 nitrogen and oxygen atoms in total. The van der Waals surface area contributed by atoms with E-state index in [-0.39, 0.29) is 12.0 Å². The van der Waals surface area contributed by atoms with Crippen LogP contribution in [-0.4, -0.2) is 42.6 Å². The molecule has 37 heavy (non-hydrogen) atoms. The maximum absolute atomic E-state index is 14.2. The van der Waals surface area contributed by atoms with Crippen molar-refractivity contribution in [3.63, 3.8) is 0 Å². The number of benzene rings is 1. The molecular formula is C27H30ClN3O5Si. The highest BCUT2D eigenvalue weighted by Gasteiger charge is 2.56. The number of nitrogens with one attached hydrogen (secondary N) is 1. The first-order valence-electron chi connectivity index (χ1n) is 12.5. The summed E-state index contributed by atoms with van der Waals surface area (Å²) >= 11 is 6.00. The van der Waals surface area contributed by atoms with Crippen molar-refractivity contribution >= 4 is 42.6 Å². The van der Waals surface area contributed by atoms with E-state index in [4.69, 9.17) is 26.1 Å². The number of halogens is 1. The first-order chi connectivity index (χ1) is 17.7. The SMILES string of the molecule is CCC1(OC(=O)NC)C(=O)OC([Si](C)(C)CCCCl)c2c1cc1n(c2=O)Cc2cc3ccccc3nc2-1. The number of rotatable bonds is 6. The summed E-state index contributed by atoms with van der Waals surface area (Å²) in [5, 5.41) is 3.41. The van der Waals surface area contributed by atoms with Crippen molar-refractivity contribution in [2.45, 2.75) is 56.8 Å². The largest absolute Gasteiger partial charge is 0.458 e. The van der Waals surface area contributed by atoms with Crippen molar-refractivity contribution in [2.24, 2.45) is 0 Å². The second kappa shape index (κ2) is 9.29. The Bertz CT molecular complexity index is 1490. The molecular weight excluding hydrogens is 510 g/mol. The van der Waals surface area contributed by atoms with Gasteiger partial charge in [-0.05, 0) is 31.0 Å². The molecule has 0 bridgehead atoms. The van der Waals surface area contributed by atoms with E-state index in [2.05, 4.69) is 24.5 Å². The molecule has 3 aromatic rings. The van der Waals surface area contributed by atoms with Crippen molar-refractivity contribution in [2.75, 3.05) is 12.9 Å². The third-order valence-corrected chi connectivity index (χ3v) is 11.3. The maximum atomic E-state index is 14.2. The minimum absolute atomic E-state index is 0.115. The highest BCUT2D eigenvalue weighted by atomic mass is 35.5. The molecule has 0 aliphatic carbocycles. The molecule has 0 radical (unpaired) electrons. The third kappa shape index (κ3) is 3.95. The lowest BCUT2D eigenvalue weighted by molar-refractivity contribution is -0.174. The number of alkyl halides is 1. The fourth-order valence-electron chi connectivity index (χ4n) is 5.56. The van der Waals surface area contributed by atoms with E-state index in [9.17, 15) is 14.4 Å². The fourth-order valence-corrected chi connectivity index (χ4v) is 8.76. The van der Waals surface area contributed by atoms with Crippen molar-refractivity contribution < 1.29 is 19.1 Å². The topological polar surface area (TPSA) is 99.5 Å². The highest BCUT2D eigenvalue weighted by molar-refractivity contribution is 6.78. The summed E-state index contributed by atoms with van der Waals surface area (Å²) in [6, 6.07) is 12.4. The number of pyridine rings is 2. The molecule has 194 valence electrons. The Hall–Kier alpha value is -3.17. The van der Waals surface area contributed by atoms with Crippen LogP contribution in [0.2, 0.25) is 19.1 Å². The molecule has 2 atom stereocenters. The molecule has 10 heteroatoms. The normalized spacial score (nSPS) is 20.1. The van der Waals surface area contributed by atoms with Crippen LogP contribution in [0.3, 0.4) is 0 Å². The predicted octanol–water partition coefficient (Wildman–Crippen LogP) is 4.86. The van der Waals surface area contributed by atoms with Crippen molar-refractivity contribution in [3.8, 4) is 11.4 Å². The minimum atomic E-state index is -2.34. The van der Waals surface area contributed by atoms with Crippen LogP contribution in [0.1, 0.15) is 42.2 Å². The first kappa shape index (κ1) is 25.5. The summed E-state index contributed by atoms with van der Waals surface area (Å²) in [5.41, 5.74) is 1.17. The number of hydrogen-bond acceptors (Lipinski definition) is 6. The van der Waals surface area contributed by atoms with E-state index < -0.39 is 31.5 Å². The average Bonchev–Trinajstić information content (AvgIpc) is 3.25. The number of ether oxygens (including phenoxy) is 2. The Morgan fingerprint density at radius 2 is 2.05 bits per heavy atom. The lowest BCUT2D eigenvalue weighted by Gasteiger charge is -2.43. The van der Waals surface area contributed by atoms with Gasteiger partial charge in [-0.3, -0.25) is 4.79 Å². The van der Waals surface area contributed by atoms with Gasteiger partial charge in [0.15, 0.2) is 0 Å². The number of aromatic nitrogens is 2. The van der Waals surface area contributed by atoms with Gasteiger partial charge in [0.05, 0.1) is 29.0 Å². The van der Waals surface area contributed by atoms with Crippen molar-refractivity contribution in [1.82, 2.24) is 14.9 Å². The predicted molar refractivity (Wildman–Crippen MR) is 145 cm³/mol. The van der Waals surface area contributed by atoms with E-state index in [0.717, 1.165) is 28.9 Å². The molecule has 2 aliphatic heterocycles. The molecule has 0 saturated carbocycles. The second-order valence-corrected chi connectivity index (χ2v) is 15.7. The molecule has 1 amide bonds. The summed E-state index contributed by atoms with van der Waals surface area (Å²) in [6.07, 6.45) is 0.0993. The van der Waals surface area contributed by atoms with Crippen LogP contribution < -0.4 is 10.9 Å². The number of carbonyl (C=O) groups excluding carboxylic acids is 2. The molecule has 1 aromatic carbocycles. The Morgan fingerprint density at radius 3 is 2.76 bits per heavy atom. The zero-order valence-electron chi connectivity index (χ0n) is 21.4. The number of esters is 1. The van der Waals surface area contributed by atoms with Gasteiger partial charge in [-0.25, -0.2) is 14.6 Å². The Kier molecular flexibility index (Phi) is 6.40. The molecule has 2 unspecified atom stereocenters. The lowest BCUT2D eigenvalue weighted by Crippen LogP contribution is -2.54. The molecule has 4 heterocycles. The smallest absolute Gasteiger partial charge is 0.408 e. The van der Waals surface area contributed by atoms with Gasteiger partial charge < -0.3 is 19.4 Å². The van der Waals surface area contributed by atoms with Gasteiger partial charge in [0.1, 0.15) is 13.8 Å². The molecule has 1 N–H and O–H groups in total. The van der Waals surface area contributed by atoms with Gasteiger partial charge in [0, 0.05) is 29.4 Å². The van der Waals surface area contributed by atoms with Crippen molar-refractivity contribution in [3.05, 3.63) is 63.4 Å². The maximum Gasteiger partial charge on any atom is 0.408 e. The summed E-state index contributed by atoms with van der Waals surface area (Å²) in [6.45, 7) is 6.31. The second-order valence-electron chi connectivity index (χ2n) is 10.3. The van der Waals surface area contributed by atoms with E-state index >= 15 is 0 Å². The van der Waals surface area contributed by atoms with E-state index in [1.165, 1.54) is 7.05 Å². The quantitative estimate of drug-likeness (QED) is 0.213. The molecule has 0 fully saturated rings. The molecule has 5 rings (SSSR count). The number of carbonyl (C=O) groups is 2. The molecule has 0 spiro atoms. The average molecular weight is 540 g/mol. The number of alkyl carbamates (subject to hydrolysis) is 1. The van der Waals surface area contributed by atoms with Crippen molar-refractivity contribution in [1.29, 1.82) is 0 Å². The van der Waals surface area contributed by atoms with E-state index in [1.807, 2.05) is 30.3 Å². The van der Waals surface area contributed by atoms with E-state index in [1.54, 1.807) is 11.5 Å². The number of cyclic esters (lactones) is 1. The Balaban J connectivity index is 1.79. The van der Waals surface area contributed by atoms with Gasteiger partial charge in [0.25, 0.3) is 5.56 Å². The van der Waals surface area contributed by atoms with Crippen LogP contribution in [0.25, 0.3) is 22.3 Å². The number of fused-ring (bicyclic) bond motifs is 5. The van der Waals surface area contributed by atoms with Crippen LogP contribution >= 0.6 is 11.6 Å². The summed E-state index contributed by atoms with van der Waals surface area (Å²) in [7, 11) is -0.911. The standard InChI is InChI=1S/C27H30ClN3O5Si/c1-5-27(36-26(34)29-2)18-14-20-22-17(13-16-9-6-7-10-19(16)30-22)15-31(20)23(32)21(18)24(35-25(27)33)37(3,4)12-8-11-28/h6-7,9-10,13-14,24H,5,8,11-12,15H2,1-4H3,(H,29,34). The lowest BCUT2D eigenvalue weighted by atomic mass is 9.85. The third-order valence-electron chi connectivity index (χ3n) is 7.60. The molecule has 2 aromatic heterocycles. The zero-order valence-corrected chi connectivity index (χ0v) is 23.1. The van der Waals surface area contributed by atoms with E-state index in [0.29, 0.717) is 34.9 Å². The summed E-state index contributed by atoms with van der Waals surface area (Å²) in [5.74, 6) is -0.169. The highest BCUT2D eigenvalue weighted by Crippen LogP contribution is 2.47. The van der Waals surface area contributed by atoms with Gasteiger partial charge in [-0.15, -0.1) is 11.6 Å². The first-order valence-corrected chi connectivity index (χ1v) is 16.3. The number of hydrogen-bond donors (Lipinski definition) is 1. The molecule has 2 aliphatic rings. The van der Waals surface area contributed by atoms with Crippen LogP contribution in [-0.2, 0) is 26.4 Å². The Morgan fingerprint density at radius 1 is 1.30 bits per heavy atom. The number of para-hydroxylation sites is 1. The van der Waals surface area contributed by atoms with Gasteiger partial charge >= 0.3 is 12.1 Å². The van der Waals surface area contributed by atoms with Crippen LogP contribution in [0, 0.1) is 0 Å². The minimum Gasteiger partial charge on any atom is -0.458 e. The summed E-state index contributed by atoms with van der Waals surface area (Å²) in [4.78, 5) is 45.2. The monoisotopic (exact) mass is 539 g/mol. The van der Waals surface area contributed by atoms with Gasteiger partial charge in [-0.2, -0.15) is 0 Å². The fraction of sp³-hybridized carbons (Fsp3) is 0.407. The Labute approximate surface area is 220 Å². The molecule has 0 saturated heterocycles. The number of amides is 1. The van der Waals surface area contributed by atoms with Gasteiger partial charge in [0.2, 0.25) is 5.60 Å². The van der Waals surface area contributed by atoms with Gasteiger partial charge in [-0.1, -0.05) is 44.3 Å². The van der Waals surface area contributed by atoms with Crippen LogP contribution in [0.4, 0.5) is 4.79 Å². The number of nitrogens with zero attached hydrogens (tertiary/aromatic N) is 2. The van der Waals surface area contributed by atoms with Crippen LogP contribution in [0.5, 0.6) is 0 Å². The van der Waals surface area contributed by atoms with Crippen LogP contribution in [0.15, 0.2) is 41.2 Å². The summed E-state index contributed by atoms with van der Waals surface area (Å²) < 4.78 is 13.5. The zero-order chi connectivity index (χ0) is 26.5.